The topological polar surface area (TPSA) is 84.8 Å². The molecule has 2 N–H and O–H groups in total. The van der Waals surface area contributed by atoms with E-state index in [1.165, 1.54) is 43.6 Å². The summed E-state index contributed by atoms with van der Waals surface area (Å²) >= 11 is 0. The van der Waals surface area contributed by atoms with Crippen molar-refractivity contribution in [1.29, 1.82) is 0 Å². The first-order chi connectivity index (χ1) is 14.4. The highest BCUT2D eigenvalue weighted by molar-refractivity contribution is 5.94. The largest absolute Gasteiger partial charge is 0.478 e. The molecular formula is C21H29FN6O2. The van der Waals surface area contributed by atoms with Crippen LogP contribution < -0.4 is 10.2 Å². The number of halogens is 1. The summed E-state index contributed by atoms with van der Waals surface area (Å²) in [5.41, 5.74) is 0.873. The van der Waals surface area contributed by atoms with Crippen LogP contribution in [0.15, 0.2) is 30.5 Å². The molecule has 1 aromatic carbocycles. The van der Waals surface area contributed by atoms with Gasteiger partial charge >= 0.3 is 5.97 Å². The zero-order valence-electron chi connectivity index (χ0n) is 17.5. The van der Waals surface area contributed by atoms with E-state index in [2.05, 4.69) is 39.2 Å². The summed E-state index contributed by atoms with van der Waals surface area (Å²) in [5.74, 6) is -0.976. The molecular weight excluding hydrogens is 387 g/mol. The van der Waals surface area contributed by atoms with E-state index in [1.807, 2.05) is 4.90 Å². The first-order valence-corrected chi connectivity index (χ1v) is 10.1. The third kappa shape index (κ3) is 5.94. The minimum absolute atomic E-state index is 0.00878. The van der Waals surface area contributed by atoms with E-state index in [4.69, 9.17) is 0 Å². The van der Waals surface area contributed by atoms with Crippen molar-refractivity contribution in [2.45, 2.75) is 0 Å². The number of aromatic carboxylic acids is 1. The minimum Gasteiger partial charge on any atom is -0.478 e. The Morgan fingerprint density at radius 3 is 2.13 bits per heavy atom. The lowest BCUT2D eigenvalue weighted by molar-refractivity contribution is 0.0697. The monoisotopic (exact) mass is 416 g/mol. The Hall–Kier alpha value is -2.62. The van der Waals surface area contributed by atoms with Crippen LogP contribution in [0.3, 0.4) is 0 Å². The van der Waals surface area contributed by atoms with Crippen LogP contribution in [0.4, 0.5) is 10.3 Å². The number of anilines is 1. The standard InChI is InChI=1S/C16H17FN4O2.C5H12N2/c1-20-6-8-21(9-7-20)16-18-10-13(15(22)23)14(19-16)11-2-4-12(17)5-3-11;1-7-4-2-6-3-5-7/h2-5,10H,6-9H2,1H3,(H,22,23);6H,2-5H2,1H3. The van der Waals surface area contributed by atoms with Crippen molar-refractivity contribution in [2.24, 2.45) is 0 Å². The highest BCUT2D eigenvalue weighted by Gasteiger charge is 2.20. The van der Waals surface area contributed by atoms with Gasteiger partial charge in [-0.3, -0.25) is 0 Å². The average Bonchev–Trinajstić information content (AvgIpc) is 2.75. The van der Waals surface area contributed by atoms with Crippen molar-refractivity contribution in [3.8, 4) is 11.3 Å². The number of likely N-dealkylation sites (N-methyl/N-ethyl adjacent to an activating group) is 2. The maximum absolute atomic E-state index is 13.1. The normalized spacial score (nSPS) is 17.9. The van der Waals surface area contributed by atoms with Crippen molar-refractivity contribution in [1.82, 2.24) is 25.1 Å². The molecule has 2 saturated heterocycles. The van der Waals surface area contributed by atoms with Gasteiger partial charge in [-0.1, -0.05) is 0 Å². The van der Waals surface area contributed by atoms with Crippen LogP contribution in [-0.4, -0.2) is 97.3 Å². The summed E-state index contributed by atoms with van der Waals surface area (Å²) in [5, 5.41) is 12.6. The molecule has 2 fully saturated rings. The van der Waals surface area contributed by atoms with Crippen LogP contribution in [0.25, 0.3) is 11.3 Å². The molecule has 30 heavy (non-hydrogen) atoms. The maximum Gasteiger partial charge on any atom is 0.339 e. The Bertz CT molecular complexity index is 834. The number of piperazine rings is 2. The molecule has 3 heterocycles. The predicted molar refractivity (Wildman–Crippen MR) is 114 cm³/mol. The summed E-state index contributed by atoms with van der Waals surface area (Å²) in [7, 11) is 4.20. The molecule has 1 aromatic heterocycles. The van der Waals surface area contributed by atoms with Gasteiger partial charge in [-0.25, -0.2) is 19.2 Å². The number of aromatic nitrogens is 2. The first-order valence-electron chi connectivity index (χ1n) is 10.1. The Labute approximate surface area is 176 Å². The van der Waals surface area contributed by atoms with Gasteiger partial charge in [0, 0.05) is 64.1 Å². The lowest BCUT2D eigenvalue weighted by Crippen LogP contribution is -2.45. The summed E-state index contributed by atoms with van der Waals surface area (Å²) in [6, 6.07) is 5.63. The van der Waals surface area contributed by atoms with Crippen molar-refractivity contribution in [3.63, 3.8) is 0 Å². The molecule has 2 aliphatic heterocycles. The molecule has 162 valence electrons. The second-order valence-electron chi connectivity index (χ2n) is 7.59. The molecule has 0 radical (unpaired) electrons. The molecule has 9 heteroatoms. The van der Waals surface area contributed by atoms with Crippen molar-refractivity contribution in [2.75, 3.05) is 71.4 Å². The SMILES string of the molecule is CN1CCN(c2ncc(C(=O)O)c(-c3ccc(F)cc3)n2)CC1.CN1CCNCC1. The molecule has 0 aliphatic carbocycles. The van der Waals surface area contributed by atoms with Gasteiger partial charge in [-0.2, -0.15) is 0 Å². The zero-order valence-corrected chi connectivity index (χ0v) is 17.5. The van der Waals surface area contributed by atoms with E-state index in [9.17, 15) is 14.3 Å². The van der Waals surface area contributed by atoms with E-state index < -0.39 is 5.97 Å². The molecule has 0 amide bonds. The van der Waals surface area contributed by atoms with Gasteiger partial charge < -0.3 is 25.1 Å². The molecule has 4 rings (SSSR count). The van der Waals surface area contributed by atoms with Gasteiger partial charge in [-0.15, -0.1) is 0 Å². The molecule has 0 saturated carbocycles. The van der Waals surface area contributed by atoms with Crippen LogP contribution in [0, 0.1) is 5.82 Å². The number of hydrogen-bond donors (Lipinski definition) is 2. The van der Waals surface area contributed by atoms with Crippen LogP contribution in [0.5, 0.6) is 0 Å². The molecule has 0 atom stereocenters. The van der Waals surface area contributed by atoms with Crippen LogP contribution in [0.1, 0.15) is 10.4 Å². The van der Waals surface area contributed by atoms with Gasteiger partial charge in [0.2, 0.25) is 5.95 Å². The van der Waals surface area contributed by atoms with Crippen LogP contribution in [0.2, 0.25) is 0 Å². The second-order valence-corrected chi connectivity index (χ2v) is 7.59. The van der Waals surface area contributed by atoms with Crippen molar-refractivity contribution in [3.05, 3.63) is 41.8 Å². The molecule has 0 bridgehead atoms. The molecule has 0 unspecified atom stereocenters. The number of nitrogens with one attached hydrogen (secondary N) is 1. The van der Waals surface area contributed by atoms with Gasteiger partial charge in [0.15, 0.2) is 0 Å². The van der Waals surface area contributed by atoms with Crippen molar-refractivity contribution < 1.29 is 14.3 Å². The third-order valence-electron chi connectivity index (χ3n) is 5.25. The van der Waals surface area contributed by atoms with Crippen LogP contribution in [-0.2, 0) is 0 Å². The molecule has 2 aliphatic rings. The Morgan fingerprint density at radius 1 is 1.00 bits per heavy atom. The van der Waals surface area contributed by atoms with Gasteiger partial charge in [0.25, 0.3) is 0 Å². The fourth-order valence-electron chi connectivity index (χ4n) is 3.29. The maximum atomic E-state index is 13.1. The van der Waals surface area contributed by atoms with Gasteiger partial charge in [0.05, 0.1) is 5.69 Å². The Morgan fingerprint density at radius 2 is 1.60 bits per heavy atom. The Kier molecular flexibility index (Phi) is 7.67. The number of rotatable bonds is 3. The number of benzene rings is 1. The summed E-state index contributed by atoms with van der Waals surface area (Å²) in [6.45, 7) is 8.11. The highest BCUT2D eigenvalue weighted by Crippen LogP contribution is 2.24. The number of nitrogens with zero attached hydrogens (tertiary/aromatic N) is 5. The van der Waals surface area contributed by atoms with Crippen molar-refractivity contribution >= 4 is 11.9 Å². The van der Waals surface area contributed by atoms with Crippen LogP contribution >= 0.6 is 0 Å². The third-order valence-corrected chi connectivity index (χ3v) is 5.25. The first kappa shape index (κ1) is 22.1. The van der Waals surface area contributed by atoms with E-state index >= 15 is 0 Å². The quantitative estimate of drug-likeness (QED) is 0.774. The highest BCUT2D eigenvalue weighted by atomic mass is 19.1. The molecule has 2 aromatic rings. The smallest absolute Gasteiger partial charge is 0.339 e. The summed E-state index contributed by atoms with van der Waals surface area (Å²) in [4.78, 5) is 26.6. The summed E-state index contributed by atoms with van der Waals surface area (Å²) < 4.78 is 13.1. The predicted octanol–water partition coefficient (Wildman–Crippen LogP) is 1.25. The summed E-state index contributed by atoms with van der Waals surface area (Å²) in [6.07, 6.45) is 1.32. The molecule has 8 nitrogen and oxygen atoms in total. The number of carboxylic acids is 1. The zero-order chi connectivity index (χ0) is 21.5. The lowest BCUT2D eigenvalue weighted by Gasteiger charge is -2.32. The van der Waals surface area contributed by atoms with Gasteiger partial charge in [0.1, 0.15) is 11.4 Å². The van der Waals surface area contributed by atoms with E-state index in [0.29, 0.717) is 17.2 Å². The Balaban J connectivity index is 0.000000310. The number of carboxylic acid groups (broad SMARTS) is 1. The lowest BCUT2D eigenvalue weighted by atomic mass is 10.1. The number of carbonyl (C=O) groups is 1. The number of hydrogen-bond acceptors (Lipinski definition) is 7. The fourth-order valence-corrected chi connectivity index (χ4v) is 3.29. The van der Waals surface area contributed by atoms with E-state index in [0.717, 1.165) is 39.3 Å². The van der Waals surface area contributed by atoms with Gasteiger partial charge in [-0.05, 0) is 38.4 Å². The minimum atomic E-state index is -1.10. The average molecular weight is 417 g/mol. The van der Waals surface area contributed by atoms with E-state index in [1.54, 1.807) is 0 Å². The second kappa shape index (κ2) is 10.4. The van der Waals surface area contributed by atoms with E-state index in [-0.39, 0.29) is 11.4 Å². The fraction of sp³-hybridized carbons (Fsp3) is 0.476. The molecule has 0 spiro atoms.